The third-order valence-electron chi connectivity index (χ3n) is 5.25. The van der Waals surface area contributed by atoms with Gasteiger partial charge in [-0.1, -0.05) is 30.9 Å². The van der Waals surface area contributed by atoms with Crippen LogP contribution in [0.3, 0.4) is 0 Å². The molecule has 160 valence electrons. The number of nitrogens with two attached hydrogens (primary N) is 1. The van der Waals surface area contributed by atoms with Crippen molar-refractivity contribution in [2.45, 2.75) is 45.1 Å². The van der Waals surface area contributed by atoms with Crippen LogP contribution in [0.25, 0.3) is 11.1 Å². The molecule has 0 spiro atoms. The molecule has 3 N–H and O–H groups in total. The van der Waals surface area contributed by atoms with Gasteiger partial charge in [-0.3, -0.25) is 9.78 Å². The molecule has 1 aromatic carbocycles. The molecule has 1 aliphatic rings. The number of amides is 2. The van der Waals surface area contributed by atoms with Crippen LogP contribution < -0.4 is 11.1 Å². The van der Waals surface area contributed by atoms with Crippen molar-refractivity contribution in [2.24, 2.45) is 11.7 Å². The maximum absolute atomic E-state index is 14.8. The van der Waals surface area contributed by atoms with Crippen molar-refractivity contribution in [3.8, 4) is 11.1 Å². The molecule has 1 fully saturated rings. The Morgan fingerprint density at radius 2 is 1.93 bits per heavy atom. The van der Waals surface area contributed by atoms with Gasteiger partial charge in [-0.05, 0) is 31.9 Å². The molecule has 1 aliphatic carbocycles. The molecule has 0 aliphatic heterocycles. The SMILES string of the molecule is Cc1nccc(Cl)c1-c1cc(F)c(NC(=O)C(OC(N)=O)C2CCCCC2)cc1F. The van der Waals surface area contributed by atoms with Gasteiger partial charge < -0.3 is 15.8 Å². The van der Waals surface area contributed by atoms with Gasteiger partial charge in [0.2, 0.25) is 0 Å². The molecule has 2 amide bonds. The molecule has 9 heteroatoms. The predicted octanol–water partition coefficient (Wildman–Crippen LogP) is 4.97. The van der Waals surface area contributed by atoms with E-state index in [1.165, 1.54) is 12.3 Å². The number of halogens is 3. The molecule has 1 unspecified atom stereocenters. The molecule has 0 radical (unpaired) electrons. The third-order valence-corrected chi connectivity index (χ3v) is 5.57. The van der Waals surface area contributed by atoms with Crippen LogP contribution >= 0.6 is 11.6 Å². The molecule has 0 bridgehead atoms. The van der Waals surface area contributed by atoms with Gasteiger partial charge in [0.1, 0.15) is 11.6 Å². The van der Waals surface area contributed by atoms with E-state index in [1.807, 2.05) is 0 Å². The highest BCUT2D eigenvalue weighted by molar-refractivity contribution is 6.33. The van der Waals surface area contributed by atoms with Crippen LogP contribution in [0.4, 0.5) is 19.3 Å². The lowest BCUT2D eigenvalue weighted by molar-refractivity contribution is -0.127. The van der Waals surface area contributed by atoms with E-state index in [0.29, 0.717) is 18.5 Å². The van der Waals surface area contributed by atoms with Crippen LogP contribution in [0.2, 0.25) is 5.02 Å². The van der Waals surface area contributed by atoms with E-state index >= 15 is 0 Å². The molecule has 1 heterocycles. The number of anilines is 1. The fraction of sp³-hybridized carbons (Fsp3) is 0.381. The molecular formula is C21H22ClF2N3O3. The van der Waals surface area contributed by atoms with Gasteiger partial charge in [0.05, 0.1) is 10.7 Å². The maximum atomic E-state index is 14.8. The minimum Gasteiger partial charge on any atom is -0.436 e. The number of carbonyl (C=O) groups is 2. The van der Waals surface area contributed by atoms with Crippen LogP contribution in [-0.4, -0.2) is 23.1 Å². The Bertz CT molecular complexity index is 945. The Balaban J connectivity index is 1.87. The van der Waals surface area contributed by atoms with Crippen LogP contribution in [0.1, 0.15) is 37.8 Å². The minimum atomic E-state index is -1.17. The summed E-state index contributed by atoms with van der Waals surface area (Å²) in [6.07, 6.45) is 3.37. The van der Waals surface area contributed by atoms with Gasteiger partial charge in [0, 0.05) is 35.0 Å². The summed E-state index contributed by atoms with van der Waals surface area (Å²) in [5, 5.41) is 2.55. The maximum Gasteiger partial charge on any atom is 0.405 e. The fourth-order valence-corrected chi connectivity index (χ4v) is 4.12. The van der Waals surface area contributed by atoms with E-state index in [9.17, 15) is 18.4 Å². The number of hydrogen-bond acceptors (Lipinski definition) is 4. The molecule has 2 aromatic rings. The van der Waals surface area contributed by atoms with Crippen LogP contribution in [0, 0.1) is 24.5 Å². The summed E-state index contributed by atoms with van der Waals surface area (Å²) in [5.41, 5.74) is 5.37. The number of nitrogens with one attached hydrogen (secondary N) is 1. The minimum absolute atomic E-state index is 0.0710. The Hall–Kier alpha value is -2.74. The van der Waals surface area contributed by atoms with E-state index in [4.69, 9.17) is 22.1 Å². The Morgan fingerprint density at radius 1 is 1.23 bits per heavy atom. The van der Waals surface area contributed by atoms with Crippen molar-refractivity contribution in [2.75, 3.05) is 5.32 Å². The molecule has 30 heavy (non-hydrogen) atoms. The summed E-state index contributed by atoms with van der Waals surface area (Å²) in [6.45, 7) is 1.63. The van der Waals surface area contributed by atoms with Gasteiger partial charge in [-0.2, -0.15) is 0 Å². The van der Waals surface area contributed by atoms with Crippen molar-refractivity contribution in [3.63, 3.8) is 0 Å². The number of hydrogen-bond donors (Lipinski definition) is 2. The van der Waals surface area contributed by atoms with Gasteiger partial charge in [0.15, 0.2) is 6.10 Å². The average Bonchev–Trinajstić information content (AvgIpc) is 2.70. The highest BCUT2D eigenvalue weighted by Gasteiger charge is 2.33. The van der Waals surface area contributed by atoms with Gasteiger partial charge in [-0.25, -0.2) is 13.6 Å². The van der Waals surface area contributed by atoms with Gasteiger partial charge in [0.25, 0.3) is 5.91 Å². The van der Waals surface area contributed by atoms with Crippen molar-refractivity contribution in [1.82, 2.24) is 4.98 Å². The molecule has 3 rings (SSSR count). The molecular weight excluding hydrogens is 416 g/mol. The Kier molecular flexibility index (Phi) is 6.87. The van der Waals surface area contributed by atoms with Crippen molar-refractivity contribution in [3.05, 3.63) is 46.7 Å². The second kappa shape index (κ2) is 9.38. The smallest absolute Gasteiger partial charge is 0.405 e. The monoisotopic (exact) mass is 437 g/mol. The zero-order valence-corrected chi connectivity index (χ0v) is 17.1. The first kappa shape index (κ1) is 22.0. The Morgan fingerprint density at radius 3 is 2.57 bits per heavy atom. The van der Waals surface area contributed by atoms with Crippen molar-refractivity contribution in [1.29, 1.82) is 0 Å². The number of aryl methyl sites for hydroxylation is 1. The van der Waals surface area contributed by atoms with E-state index in [-0.39, 0.29) is 27.8 Å². The first-order valence-electron chi connectivity index (χ1n) is 9.65. The lowest BCUT2D eigenvalue weighted by Crippen LogP contribution is -2.40. The fourth-order valence-electron chi connectivity index (χ4n) is 3.82. The topological polar surface area (TPSA) is 94.3 Å². The summed E-state index contributed by atoms with van der Waals surface area (Å²) < 4.78 is 34.5. The summed E-state index contributed by atoms with van der Waals surface area (Å²) in [4.78, 5) is 28.0. The first-order valence-corrected chi connectivity index (χ1v) is 10.0. The number of ether oxygens (including phenoxy) is 1. The number of primary amides is 1. The van der Waals surface area contributed by atoms with Crippen molar-refractivity contribution >= 4 is 29.3 Å². The number of carbonyl (C=O) groups excluding carboxylic acids is 2. The largest absolute Gasteiger partial charge is 0.436 e. The zero-order valence-electron chi connectivity index (χ0n) is 16.4. The van der Waals surface area contributed by atoms with Crippen LogP contribution in [-0.2, 0) is 9.53 Å². The Labute approximate surface area is 177 Å². The molecule has 1 saturated carbocycles. The van der Waals surface area contributed by atoms with Crippen LogP contribution in [0.15, 0.2) is 24.4 Å². The number of nitrogens with zero attached hydrogens (tertiary/aromatic N) is 1. The normalized spacial score (nSPS) is 15.5. The molecule has 0 saturated heterocycles. The molecule has 6 nitrogen and oxygen atoms in total. The summed E-state index contributed by atoms with van der Waals surface area (Å²) in [5.74, 6) is -2.62. The predicted molar refractivity (Wildman–Crippen MR) is 109 cm³/mol. The summed E-state index contributed by atoms with van der Waals surface area (Å²) in [7, 11) is 0. The number of benzene rings is 1. The lowest BCUT2D eigenvalue weighted by Gasteiger charge is -2.28. The van der Waals surface area contributed by atoms with Gasteiger partial charge in [-0.15, -0.1) is 0 Å². The van der Waals surface area contributed by atoms with Gasteiger partial charge >= 0.3 is 6.09 Å². The zero-order chi connectivity index (χ0) is 21.8. The quantitative estimate of drug-likeness (QED) is 0.690. The highest BCUT2D eigenvalue weighted by Crippen LogP contribution is 2.35. The van der Waals surface area contributed by atoms with Crippen molar-refractivity contribution < 1.29 is 23.1 Å². The van der Waals surface area contributed by atoms with E-state index in [1.54, 1.807) is 6.92 Å². The summed E-state index contributed by atoms with van der Waals surface area (Å²) in [6, 6.07) is 3.30. The third kappa shape index (κ3) is 4.87. The van der Waals surface area contributed by atoms with Crippen LogP contribution in [0.5, 0.6) is 0 Å². The number of aromatic nitrogens is 1. The standard InChI is InChI=1S/C21H22ClF2N3O3/c1-11-18(14(22)7-8-26-11)13-9-16(24)17(10-15(13)23)27-20(28)19(30-21(25)29)12-5-3-2-4-6-12/h7-10,12,19H,2-6H2,1H3,(H2,25,29)(H,27,28). The second-order valence-corrected chi connectivity index (χ2v) is 7.72. The molecule has 1 atom stereocenters. The number of pyridine rings is 1. The van der Waals surface area contributed by atoms with E-state index in [2.05, 4.69) is 10.3 Å². The lowest BCUT2D eigenvalue weighted by atomic mass is 9.85. The highest BCUT2D eigenvalue weighted by atomic mass is 35.5. The van der Waals surface area contributed by atoms with E-state index in [0.717, 1.165) is 31.4 Å². The first-order chi connectivity index (χ1) is 14.3. The van der Waals surface area contributed by atoms with E-state index < -0.39 is 29.7 Å². The second-order valence-electron chi connectivity index (χ2n) is 7.31. The molecule has 1 aromatic heterocycles. The average molecular weight is 438 g/mol. The summed E-state index contributed by atoms with van der Waals surface area (Å²) >= 11 is 6.13. The number of rotatable bonds is 5.